The Morgan fingerprint density at radius 2 is 1.87 bits per heavy atom. The molecule has 1 heterocycles. The molecule has 0 radical (unpaired) electrons. The van der Waals surface area contributed by atoms with E-state index >= 15 is 0 Å². The van der Waals surface area contributed by atoms with Crippen LogP contribution in [0.15, 0.2) is 48.5 Å². The summed E-state index contributed by atoms with van der Waals surface area (Å²) >= 11 is 0. The van der Waals surface area contributed by atoms with Crippen LogP contribution in [0.4, 0.5) is 5.69 Å². The van der Waals surface area contributed by atoms with Gasteiger partial charge in [-0.05, 0) is 43.4 Å². The average Bonchev–Trinajstić information content (AvgIpc) is 3.26. The highest BCUT2D eigenvalue weighted by molar-refractivity contribution is 5.96. The van der Waals surface area contributed by atoms with Crippen LogP contribution in [0.5, 0.6) is 5.75 Å². The van der Waals surface area contributed by atoms with Crippen LogP contribution in [0.25, 0.3) is 0 Å². The van der Waals surface area contributed by atoms with Crippen molar-refractivity contribution in [2.75, 3.05) is 19.0 Å². The van der Waals surface area contributed by atoms with Crippen LogP contribution < -0.4 is 15.4 Å². The molecule has 0 spiro atoms. The van der Waals surface area contributed by atoms with Gasteiger partial charge in [0.1, 0.15) is 5.75 Å². The predicted octanol–water partition coefficient (Wildman–Crippen LogP) is 4.21. The van der Waals surface area contributed by atoms with Crippen molar-refractivity contribution in [3.05, 3.63) is 59.7 Å². The van der Waals surface area contributed by atoms with E-state index in [0.29, 0.717) is 25.8 Å². The molecule has 1 aliphatic carbocycles. The Labute approximate surface area is 178 Å². The first kappa shape index (κ1) is 20.5. The lowest BCUT2D eigenvalue weighted by Crippen LogP contribution is -2.39. The van der Waals surface area contributed by atoms with Gasteiger partial charge in [0.25, 0.3) is 0 Å². The highest BCUT2D eigenvalue weighted by Gasteiger charge is 2.38. The van der Waals surface area contributed by atoms with E-state index in [2.05, 4.69) is 16.7 Å². The SMILES string of the molecule is COc1ccccc1C1(CNC(=O)CCC2Cc3ccccc3NC2=O)CCCC1. The van der Waals surface area contributed by atoms with E-state index < -0.39 is 0 Å². The van der Waals surface area contributed by atoms with Crippen molar-refractivity contribution in [3.63, 3.8) is 0 Å². The minimum Gasteiger partial charge on any atom is -0.496 e. The summed E-state index contributed by atoms with van der Waals surface area (Å²) in [6, 6.07) is 16.0. The van der Waals surface area contributed by atoms with Gasteiger partial charge in [0.15, 0.2) is 0 Å². The lowest BCUT2D eigenvalue weighted by Gasteiger charge is -2.31. The largest absolute Gasteiger partial charge is 0.496 e. The number of amides is 2. The maximum absolute atomic E-state index is 12.6. The number of nitrogens with one attached hydrogen (secondary N) is 2. The van der Waals surface area contributed by atoms with E-state index in [1.807, 2.05) is 42.5 Å². The normalized spacial score (nSPS) is 19.6. The van der Waals surface area contributed by atoms with Crippen molar-refractivity contribution in [1.29, 1.82) is 0 Å². The number of carbonyl (C=O) groups is 2. The summed E-state index contributed by atoms with van der Waals surface area (Å²) in [6.07, 6.45) is 6.05. The molecule has 5 heteroatoms. The fourth-order valence-electron chi connectivity index (χ4n) is 4.98. The minimum absolute atomic E-state index is 0.0165. The molecular weight excluding hydrogens is 376 g/mol. The number of para-hydroxylation sites is 2. The predicted molar refractivity (Wildman–Crippen MR) is 118 cm³/mol. The van der Waals surface area contributed by atoms with Crippen molar-refractivity contribution in [2.24, 2.45) is 5.92 Å². The molecule has 0 aromatic heterocycles. The Morgan fingerprint density at radius 3 is 2.67 bits per heavy atom. The van der Waals surface area contributed by atoms with Gasteiger partial charge in [0.05, 0.1) is 7.11 Å². The Morgan fingerprint density at radius 1 is 1.13 bits per heavy atom. The van der Waals surface area contributed by atoms with Gasteiger partial charge in [-0.2, -0.15) is 0 Å². The summed E-state index contributed by atoms with van der Waals surface area (Å²) in [5.74, 6) is 0.775. The lowest BCUT2D eigenvalue weighted by atomic mass is 9.78. The maximum Gasteiger partial charge on any atom is 0.227 e. The second-order valence-corrected chi connectivity index (χ2v) is 8.55. The topological polar surface area (TPSA) is 67.4 Å². The van der Waals surface area contributed by atoms with E-state index in [-0.39, 0.29) is 23.1 Å². The molecule has 2 aromatic carbocycles. The molecule has 1 fully saturated rings. The molecule has 158 valence electrons. The Balaban J connectivity index is 1.35. The quantitative estimate of drug-likeness (QED) is 0.724. The Hall–Kier alpha value is -2.82. The summed E-state index contributed by atoms with van der Waals surface area (Å²) in [6.45, 7) is 0.617. The zero-order chi connectivity index (χ0) is 21.0. The number of hydrogen-bond acceptors (Lipinski definition) is 3. The highest BCUT2D eigenvalue weighted by Crippen LogP contribution is 2.44. The van der Waals surface area contributed by atoms with Gasteiger partial charge >= 0.3 is 0 Å². The van der Waals surface area contributed by atoms with Gasteiger partial charge < -0.3 is 15.4 Å². The summed E-state index contributed by atoms with van der Waals surface area (Å²) in [5.41, 5.74) is 3.16. The second-order valence-electron chi connectivity index (χ2n) is 8.55. The number of anilines is 1. The summed E-state index contributed by atoms with van der Waals surface area (Å²) < 4.78 is 5.60. The molecule has 5 nitrogen and oxygen atoms in total. The van der Waals surface area contributed by atoms with E-state index in [0.717, 1.165) is 42.7 Å². The standard InChI is InChI=1S/C25H30N2O3/c1-30-22-11-5-3-9-20(22)25(14-6-7-15-25)17-26-23(28)13-12-19-16-18-8-2-4-10-21(18)27-24(19)29/h2-5,8-11,19H,6-7,12-17H2,1H3,(H,26,28)(H,27,29). The van der Waals surface area contributed by atoms with Crippen LogP contribution in [0, 0.1) is 5.92 Å². The maximum atomic E-state index is 12.6. The number of benzene rings is 2. The zero-order valence-electron chi connectivity index (χ0n) is 17.6. The first-order valence-electron chi connectivity index (χ1n) is 10.9. The number of carbonyl (C=O) groups excluding carboxylic acids is 2. The van der Waals surface area contributed by atoms with Gasteiger partial charge in [-0.3, -0.25) is 9.59 Å². The first-order chi connectivity index (χ1) is 14.6. The van der Waals surface area contributed by atoms with E-state index in [9.17, 15) is 9.59 Å². The van der Waals surface area contributed by atoms with Crippen molar-refractivity contribution in [3.8, 4) is 5.75 Å². The molecule has 2 N–H and O–H groups in total. The van der Waals surface area contributed by atoms with Gasteiger partial charge in [-0.1, -0.05) is 49.2 Å². The highest BCUT2D eigenvalue weighted by atomic mass is 16.5. The number of hydrogen-bond donors (Lipinski definition) is 2. The summed E-state index contributed by atoms with van der Waals surface area (Å²) in [5, 5.41) is 6.13. The molecule has 0 bridgehead atoms. The monoisotopic (exact) mass is 406 g/mol. The molecule has 30 heavy (non-hydrogen) atoms. The first-order valence-corrected chi connectivity index (χ1v) is 10.9. The van der Waals surface area contributed by atoms with Gasteiger partial charge in [0, 0.05) is 35.5 Å². The molecule has 1 atom stereocenters. The number of methoxy groups -OCH3 is 1. The lowest BCUT2D eigenvalue weighted by molar-refractivity contribution is -0.123. The van der Waals surface area contributed by atoms with Crippen molar-refractivity contribution < 1.29 is 14.3 Å². The fourth-order valence-corrected chi connectivity index (χ4v) is 4.98. The Bertz CT molecular complexity index is 918. The number of ether oxygens (including phenoxy) is 1. The van der Waals surface area contributed by atoms with Crippen LogP contribution in [-0.2, 0) is 21.4 Å². The van der Waals surface area contributed by atoms with Crippen LogP contribution in [0.1, 0.15) is 49.7 Å². The average molecular weight is 407 g/mol. The van der Waals surface area contributed by atoms with Crippen LogP contribution in [0.3, 0.4) is 0 Å². The molecule has 2 amide bonds. The van der Waals surface area contributed by atoms with Crippen molar-refractivity contribution in [2.45, 2.75) is 50.4 Å². The summed E-state index contributed by atoms with van der Waals surface area (Å²) in [4.78, 5) is 25.0. The van der Waals surface area contributed by atoms with E-state index in [1.165, 1.54) is 5.56 Å². The third-order valence-corrected chi connectivity index (χ3v) is 6.70. The molecular formula is C25H30N2O3. The van der Waals surface area contributed by atoms with Crippen molar-refractivity contribution in [1.82, 2.24) is 5.32 Å². The van der Waals surface area contributed by atoms with Gasteiger partial charge in [-0.25, -0.2) is 0 Å². The fraction of sp³-hybridized carbons (Fsp3) is 0.440. The number of fused-ring (bicyclic) bond motifs is 1. The molecule has 4 rings (SSSR count). The van der Waals surface area contributed by atoms with Crippen LogP contribution in [-0.4, -0.2) is 25.5 Å². The minimum atomic E-state index is -0.152. The van der Waals surface area contributed by atoms with Crippen molar-refractivity contribution >= 4 is 17.5 Å². The molecule has 1 saturated carbocycles. The third kappa shape index (κ3) is 4.20. The second kappa shape index (κ2) is 8.90. The zero-order valence-corrected chi connectivity index (χ0v) is 17.6. The molecule has 2 aromatic rings. The molecule has 2 aliphatic rings. The molecule has 0 saturated heterocycles. The number of rotatable bonds is 7. The smallest absolute Gasteiger partial charge is 0.227 e. The van der Waals surface area contributed by atoms with Crippen LogP contribution in [0.2, 0.25) is 0 Å². The molecule has 1 unspecified atom stereocenters. The van der Waals surface area contributed by atoms with Crippen LogP contribution >= 0.6 is 0 Å². The van der Waals surface area contributed by atoms with E-state index in [4.69, 9.17) is 4.74 Å². The van der Waals surface area contributed by atoms with E-state index in [1.54, 1.807) is 7.11 Å². The summed E-state index contributed by atoms with van der Waals surface area (Å²) in [7, 11) is 1.70. The third-order valence-electron chi connectivity index (χ3n) is 6.70. The molecule has 1 aliphatic heterocycles. The Kier molecular flexibility index (Phi) is 6.07. The van der Waals surface area contributed by atoms with Gasteiger partial charge in [0.2, 0.25) is 11.8 Å². The van der Waals surface area contributed by atoms with Gasteiger partial charge in [-0.15, -0.1) is 0 Å².